The van der Waals surface area contributed by atoms with Gasteiger partial charge in [-0.05, 0) is 12.1 Å². The van der Waals surface area contributed by atoms with Crippen molar-refractivity contribution in [3.8, 4) is 5.75 Å². The number of aromatic nitrogens is 1. The third-order valence-corrected chi connectivity index (χ3v) is 5.62. The van der Waals surface area contributed by atoms with Crippen molar-refractivity contribution in [1.82, 2.24) is 14.2 Å². The zero-order chi connectivity index (χ0) is 18.2. The van der Waals surface area contributed by atoms with Gasteiger partial charge in [0.25, 0.3) is 5.91 Å². The smallest absolute Gasteiger partial charge is 0.259 e. The van der Waals surface area contributed by atoms with Gasteiger partial charge in [-0.15, -0.1) is 0 Å². The Hall–Kier alpha value is -2.39. The second kappa shape index (κ2) is 6.49. The number of aromatic amines is 1. The molecule has 1 saturated heterocycles. The van der Waals surface area contributed by atoms with Crippen LogP contribution in [-0.4, -0.2) is 68.1 Å². The lowest BCUT2D eigenvalue weighted by molar-refractivity contribution is 0.0697. The lowest BCUT2D eigenvalue weighted by Gasteiger charge is -2.33. The molecule has 1 aliphatic rings. The van der Waals surface area contributed by atoms with E-state index in [4.69, 9.17) is 4.74 Å². The van der Waals surface area contributed by atoms with Crippen LogP contribution in [-0.2, 0) is 10.0 Å². The molecular formula is C16H19N3O5S. The van der Waals surface area contributed by atoms with Crippen LogP contribution >= 0.6 is 0 Å². The van der Waals surface area contributed by atoms with Gasteiger partial charge in [-0.2, -0.15) is 4.31 Å². The average molecular weight is 365 g/mol. The summed E-state index contributed by atoms with van der Waals surface area (Å²) in [6, 6.07) is 4.97. The Bertz CT molecular complexity index is 975. The van der Waals surface area contributed by atoms with Crippen LogP contribution in [0.4, 0.5) is 0 Å². The minimum absolute atomic E-state index is 0.0467. The van der Waals surface area contributed by atoms with E-state index in [1.165, 1.54) is 22.5 Å². The fraction of sp³-hybridized carbons (Fsp3) is 0.375. The van der Waals surface area contributed by atoms with Crippen LogP contribution in [0.1, 0.15) is 10.4 Å². The molecule has 9 heteroatoms. The molecule has 0 bridgehead atoms. The average Bonchev–Trinajstić information content (AvgIpc) is 2.60. The van der Waals surface area contributed by atoms with E-state index in [0.717, 1.165) is 6.26 Å². The molecule has 2 heterocycles. The van der Waals surface area contributed by atoms with Gasteiger partial charge >= 0.3 is 0 Å². The number of hydrogen-bond acceptors (Lipinski definition) is 5. The highest BCUT2D eigenvalue weighted by Gasteiger charge is 2.27. The number of amides is 1. The van der Waals surface area contributed by atoms with Gasteiger partial charge in [0.15, 0.2) is 0 Å². The highest BCUT2D eigenvalue weighted by atomic mass is 32.2. The van der Waals surface area contributed by atoms with E-state index in [9.17, 15) is 18.0 Å². The molecule has 0 unspecified atom stereocenters. The van der Waals surface area contributed by atoms with E-state index in [0.29, 0.717) is 16.7 Å². The van der Waals surface area contributed by atoms with Gasteiger partial charge in [0, 0.05) is 43.8 Å². The first kappa shape index (κ1) is 17.4. The summed E-state index contributed by atoms with van der Waals surface area (Å²) in [5.74, 6) is 0.214. The van der Waals surface area contributed by atoms with Crippen LogP contribution in [0.3, 0.4) is 0 Å². The number of sulfonamides is 1. The number of hydrogen-bond donors (Lipinski definition) is 1. The number of carbonyl (C=O) groups excluding carboxylic acids is 1. The third-order valence-electron chi connectivity index (χ3n) is 4.31. The number of methoxy groups -OCH3 is 1. The van der Waals surface area contributed by atoms with Crippen molar-refractivity contribution in [2.75, 3.05) is 39.5 Å². The molecular weight excluding hydrogens is 346 g/mol. The van der Waals surface area contributed by atoms with E-state index in [1.54, 1.807) is 18.2 Å². The minimum atomic E-state index is -3.27. The SMILES string of the molecule is COc1ccc2c(=O)c(C(=O)N3CCN(S(C)(=O)=O)CC3)c[nH]c2c1. The van der Waals surface area contributed by atoms with Crippen molar-refractivity contribution in [1.29, 1.82) is 0 Å². The first-order valence-electron chi connectivity index (χ1n) is 7.75. The first-order valence-corrected chi connectivity index (χ1v) is 9.60. The molecule has 0 spiro atoms. The molecule has 1 N–H and O–H groups in total. The molecule has 8 nitrogen and oxygen atoms in total. The number of benzene rings is 1. The summed E-state index contributed by atoms with van der Waals surface area (Å²) in [4.78, 5) is 29.7. The number of fused-ring (bicyclic) bond motifs is 1. The lowest BCUT2D eigenvalue weighted by atomic mass is 10.1. The maximum atomic E-state index is 12.7. The summed E-state index contributed by atoms with van der Waals surface area (Å²) in [6.45, 7) is 0.971. The quantitative estimate of drug-likeness (QED) is 0.841. The Morgan fingerprint density at radius 1 is 1.20 bits per heavy atom. The summed E-state index contributed by atoms with van der Waals surface area (Å²) in [7, 11) is -1.73. The van der Waals surface area contributed by atoms with Crippen molar-refractivity contribution in [2.45, 2.75) is 0 Å². The first-order chi connectivity index (χ1) is 11.8. The van der Waals surface area contributed by atoms with E-state index in [1.807, 2.05) is 0 Å². The summed E-state index contributed by atoms with van der Waals surface area (Å²) < 4.78 is 29.5. The lowest BCUT2D eigenvalue weighted by Crippen LogP contribution is -2.50. The molecule has 134 valence electrons. The second-order valence-electron chi connectivity index (χ2n) is 5.90. The predicted octanol–water partition coefficient (Wildman–Crippen LogP) is 0.254. The van der Waals surface area contributed by atoms with Crippen LogP contribution in [0, 0.1) is 0 Å². The highest BCUT2D eigenvalue weighted by molar-refractivity contribution is 7.88. The number of rotatable bonds is 3. The van der Waals surface area contributed by atoms with Crippen molar-refractivity contribution in [3.63, 3.8) is 0 Å². The van der Waals surface area contributed by atoms with Crippen molar-refractivity contribution < 1.29 is 17.9 Å². The number of piperazine rings is 1. The van der Waals surface area contributed by atoms with E-state index < -0.39 is 15.9 Å². The minimum Gasteiger partial charge on any atom is -0.497 e. The topological polar surface area (TPSA) is 99.8 Å². The molecule has 1 aromatic carbocycles. The van der Waals surface area contributed by atoms with Crippen LogP contribution in [0.25, 0.3) is 10.9 Å². The summed E-state index contributed by atoms with van der Waals surface area (Å²) in [6.07, 6.45) is 2.54. The predicted molar refractivity (Wildman–Crippen MR) is 93.4 cm³/mol. The molecule has 25 heavy (non-hydrogen) atoms. The largest absolute Gasteiger partial charge is 0.497 e. The number of carbonyl (C=O) groups is 1. The molecule has 1 amide bonds. The molecule has 1 aromatic heterocycles. The van der Waals surface area contributed by atoms with Crippen molar-refractivity contribution >= 4 is 26.8 Å². The van der Waals surface area contributed by atoms with Gasteiger partial charge < -0.3 is 14.6 Å². The monoisotopic (exact) mass is 365 g/mol. The molecule has 2 aromatic rings. The maximum Gasteiger partial charge on any atom is 0.259 e. The summed E-state index contributed by atoms with van der Waals surface area (Å²) >= 11 is 0. The van der Waals surface area contributed by atoms with Gasteiger partial charge in [0.2, 0.25) is 15.5 Å². The van der Waals surface area contributed by atoms with Crippen LogP contribution in [0.15, 0.2) is 29.2 Å². The normalized spacial score (nSPS) is 16.2. The Morgan fingerprint density at radius 3 is 2.48 bits per heavy atom. The second-order valence-corrected chi connectivity index (χ2v) is 7.88. The van der Waals surface area contributed by atoms with Crippen molar-refractivity contribution in [2.24, 2.45) is 0 Å². The van der Waals surface area contributed by atoms with Gasteiger partial charge in [-0.1, -0.05) is 0 Å². The zero-order valence-electron chi connectivity index (χ0n) is 14.0. The van der Waals surface area contributed by atoms with Gasteiger partial charge in [-0.25, -0.2) is 8.42 Å². The molecule has 3 rings (SSSR count). The standard InChI is InChI=1S/C16H19N3O5S/c1-24-11-3-4-12-14(9-11)17-10-13(15(12)20)16(21)18-5-7-19(8-6-18)25(2,22)23/h3-4,9-10H,5-8H2,1-2H3,(H,17,20). The number of pyridine rings is 1. The fourth-order valence-corrected chi connectivity index (χ4v) is 3.71. The molecule has 0 saturated carbocycles. The zero-order valence-corrected chi connectivity index (χ0v) is 14.8. The molecule has 1 fully saturated rings. The Balaban J connectivity index is 1.86. The number of H-pyrrole nitrogens is 1. The van der Waals surface area contributed by atoms with Crippen LogP contribution < -0.4 is 10.2 Å². The van der Waals surface area contributed by atoms with Gasteiger partial charge in [-0.3, -0.25) is 9.59 Å². The Kier molecular flexibility index (Phi) is 4.53. The van der Waals surface area contributed by atoms with E-state index >= 15 is 0 Å². The fourth-order valence-electron chi connectivity index (χ4n) is 2.88. The molecule has 0 atom stereocenters. The maximum absolute atomic E-state index is 12.7. The van der Waals surface area contributed by atoms with E-state index in [2.05, 4.69) is 4.98 Å². The Morgan fingerprint density at radius 2 is 1.88 bits per heavy atom. The summed E-state index contributed by atoms with van der Waals surface area (Å²) in [5.41, 5.74) is 0.278. The number of nitrogens with zero attached hydrogens (tertiary/aromatic N) is 2. The van der Waals surface area contributed by atoms with Crippen molar-refractivity contribution in [3.05, 3.63) is 40.2 Å². The van der Waals surface area contributed by atoms with Gasteiger partial charge in [0.05, 0.1) is 18.9 Å². The Labute approximate surface area is 145 Å². The third kappa shape index (κ3) is 3.38. The number of ether oxygens (including phenoxy) is 1. The number of nitrogens with one attached hydrogen (secondary N) is 1. The van der Waals surface area contributed by atoms with Crippen LogP contribution in [0.2, 0.25) is 0 Å². The summed E-state index contributed by atoms with van der Waals surface area (Å²) in [5, 5.41) is 0.404. The van der Waals surface area contributed by atoms with Crippen LogP contribution in [0.5, 0.6) is 5.75 Å². The molecule has 0 aliphatic carbocycles. The molecule has 1 aliphatic heterocycles. The molecule has 0 radical (unpaired) electrons. The van der Waals surface area contributed by atoms with E-state index in [-0.39, 0.29) is 37.2 Å². The van der Waals surface area contributed by atoms with Gasteiger partial charge in [0.1, 0.15) is 11.3 Å². The highest BCUT2D eigenvalue weighted by Crippen LogP contribution is 2.17.